The molecule has 1 aromatic carbocycles. The summed E-state index contributed by atoms with van der Waals surface area (Å²) in [6.07, 6.45) is 6.06. The van der Waals surface area contributed by atoms with Crippen LogP contribution in [0, 0.1) is 0 Å². The molecular weight excluding hydrogens is 314 g/mol. The molecule has 3 heterocycles. The molecule has 3 aromatic rings. The van der Waals surface area contributed by atoms with Gasteiger partial charge in [-0.05, 0) is 23.8 Å². The van der Waals surface area contributed by atoms with Crippen LogP contribution in [0.15, 0.2) is 66.0 Å². The summed E-state index contributed by atoms with van der Waals surface area (Å²) >= 11 is 0. The molecule has 0 saturated carbocycles. The number of ether oxygens (including phenoxy) is 2. The third kappa shape index (κ3) is 3.35. The number of pyridine rings is 2. The number of hydrogen-bond acceptors (Lipinski definition) is 5. The SMILES string of the molecule is COc1ccc(COc2cnc3c(c2)N=C(c2cccnc2)C3)cc1. The van der Waals surface area contributed by atoms with Crippen LogP contribution in [-0.4, -0.2) is 22.8 Å². The van der Waals surface area contributed by atoms with Crippen LogP contribution in [0.3, 0.4) is 0 Å². The monoisotopic (exact) mass is 331 g/mol. The molecule has 0 saturated heterocycles. The summed E-state index contributed by atoms with van der Waals surface area (Å²) in [6.45, 7) is 0.476. The van der Waals surface area contributed by atoms with Crippen molar-refractivity contribution >= 4 is 11.4 Å². The van der Waals surface area contributed by atoms with Crippen molar-refractivity contribution in [3.8, 4) is 11.5 Å². The number of fused-ring (bicyclic) bond motifs is 1. The van der Waals surface area contributed by atoms with Gasteiger partial charge in [-0.3, -0.25) is 15.0 Å². The summed E-state index contributed by atoms with van der Waals surface area (Å²) in [5.74, 6) is 1.55. The van der Waals surface area contributed by atoms with Crippen LogP contribution in [0.25, 0.3) is 0 Å². The van der Waals surface area contributed by atoms with Crippen molar-refractivity contribution < 1.29 is 9.47 Å². The molecule has 0 bridgehead atoms. The van der Waals surface area contributed by atoms with Gasteiger partial charge in [0.1, 0.15) is 18.1 Å². The van der Waals surface area contributed by atoms with Gasteiger partial charge in [-0.2, -0.15) is 0 Å². The maximum absolute atomic E-state index is 5.85. The second-order valence-corrected chi connectivity index (χ2v) is 5.75. The maximum Gasteiger partial charge on any atom is 0.140 e. The third-order valence-corrected chi connectivity index (χ3v) is 4.07. The minimum atomic E-state index is 0.476. The first-order valence-corrected chi connectivity index (χ1v) is 8.04. The molecule has 0 amide bonds. The van der Waals surface area contributed by atoms with E-state index in [2.05, 4.69) is 15.0 Å². The van der Waals surface area contributed by atoms with Crippen LogP contribution in [-0.2, 0) is 13.0 Å². The van der Waals surface area contributed by atoms with Crippen molar-refractivity contribution in [2.24, 2.45) is 4.99 Å². The minimum Gasteiger partial charge on any atom is -0.497 e. The first kappa shape index (κ1) is 15.3. The van der Waals surface area contributed by atoms with Gasteiger partial charge in [-0.15, -0.1) is 0 Å². The van der Waals surface area contributed by atoms with E-state index >= 15 is 0 Å². The molecule has 0 N–H and O–H groups in total. The number of hydrogen-bond donors (Lipinski definition) is 0. The number of aliphatic imine (C=N–C) groups is 1. The Morgan fingerprint density at radius 3 is 2.68 bits per heavy atom. The zero-order valence-electron chi connectivity index (χ0n) is 13.8. The first-order valence-electron chi connectivity index (χ1n) is 8.04. The minimum absolute atomic E-state index is 0.476. The molecule has 0 aliphatic carbocycles. The van der Waals surface area contributed by atoms with E-state index in [1.807, 2.05) is 48.7 Å². The third-order valence-electron chi connectivity index (χ3n) is 4.07. The van der Waals surface area contributed by atoms with Gasteiger partial charge >= 0.3 is 0 Å². The van der Waals surface area contributed by atoms with Gasteiger partial charge < -0.3 is 9.47 Å². The average molecular weight is 331 g/mol. The Hall–Kier alpha value is -3.21. The Balaban J connectivity index is 1.47. The Bertz CT molecular complexity index is 906. The summed E-state index contributed by atoms with van der Waals surface area (Å²) in [5.41, 5.74) is 4.92. The number of benzene rings is 1. The Morgan fingerprint density at radius 2 is 1.92 bits per heavy atom. The number of methoxy groups -OCH3 is 1. The molecule has 4 rings (SSSR count). The van der Waals surface area contributed by atoms with Gasteiger partial charge in [-0.1, -0.05) is 18.2 Å². The van der Waals surface area contributed by atoms with Gasteiger partial charge in [0.05, 0.1) is 30.4 Å². The molecule has 5 heteroatoms. The summed E-state index contributed by atoms with van der Waals surface area (Å²) in [4.78, 5) is 13.3. The lowest BCUT2D eigenvalue weighted by Gasteiger charge is -2.07. The van der Waals surface area contributed by atoms with Crippen molar-refractivity contribution in [3.63, 3.8) is 0 Å². The maximum atomic E-state index is 5.85. The van der Waals surface area contributed by atoms with Gasteiger partial charge in [-0.25, -0.2) is 0 Å². The lowest BCUT2D eigenvalue weighted by Crippen LogP contribution is -2.01. The van der Waals surface area contributed by atoms with Crippen molar-refractivity contribution in [3.05, 3.63) is 77.9 Å². The molecule has 0 radical (unpaired) electrons. The fourth-order valence-electron chi connectivity index (χ4n) is 2.71. The van der Waals surface area contributed by atoms with Crippen LogP contribution in [0.2, 0.25) is 0 Å². The van der Waals surface area contributed by atoms with E-state index in [0.29, 0.717) is 12.4 Å². The van der Waals surface area contributed by atoms with Crippen LogP contribution < -0.4 is 9.47 Å². The van der Waals surface area contributed by atoms with E-state index in [-0.39, 0.29) is 0 Å². The zero-order chi connectivity index (χ0) is 17.1. The van der Waals surface area contributed by atoms with Crippen molar-refractivity contribution in [1.82, 2.24) is 9.97 Å². The molecule has 5 nitrogen and oxygen atoms in total. The second kappa shape index (κ2) is 6.73. The summed E-state index contributed by atoms with van der Waals surface area (Å²) in [5, 5.41) is 0. The molecule has 25 heavy (non-hydrogen) atoms. The Labute approximate surface area is 146 Å². The van der Waals surface area contributed by atoms with Crippen molar-refractivity contribution in [2.45, 2.75) is 13.0 Å². The summed E-state index contributed by atoms with van der Waals surface area (Å²) < 4.78 is 11.0. The van der Waals surface area contributed by atoms with E-state index in [1.54, 1.807) is 19.5 Å². The van der Waals surface area contributed by atoms with E-state index in [0.717, 1.165) is 40.4 Å². The molecule has 0 spiro atoms. The Kier molecular flexibility index (Phi) is 4.12. The molecule has 1 aliphatic rings. The Morgan fingerprint density at radius 1 is 1.04 bits per heavy atom. The average Bonchev–Trinajstić information content (AvgIpc) is 3.11. The van der Waals surface area contributed by atoms with E-state index in [9.17, 15) is 0 Å². The second-order valence-electron chi connectivity index (χ2n) is 5.75. The van der Waals surface area contributed by atoms with Gasteiger partial charge in [0.15, 0.2) is 0 Å². The highest BCUT2D eigenvalue weighted by Gasteiger charge is 2.18. The number of nitrogens with zero attached hydrogens (tertiary/aromatic N) is 3. The fourth-order valence-corrected chi connectivity index (χ4v) is 2.71. The summed E-state index contributed by atoms with van der Waals surface area (Å²) in [6, 6.07) is 13.7. The van der Waals surface area contributed by atoms with Gasteiger partial charge in [0.2, 0.25) is 0 Å². The van der Waals surface area contributed by atoms with Gasteiger partial charge in [0.25, 0.3) is 0 Å². The molecule has 2 aromatic heterocycles. The molecule has 124 valence electrons. The highest BCUT2D eigenvalue weighted by Crippen LogP contribution is 2.30. The van der Waals surface area contributed by atoms with Crippen LogP contribution in [0.5, 0.6) is 11.5 Å². The lowest BCUT2D eigenvalue weighted by atomic mass is 10.1. The largest absolute Gasteiger partial charge is 0.497 e. The molecule has 0 atom stereocenters. The fraction of sp³-hybridized carbons (Fsp3) is 0.150. The number of aromatic nitrogens is 2. The summed E-state index contributed by atoms with van der Waals surface area (Å²) in [7, 11) is 1.65. The molecule has 0 fully saturated rings. The number of rotatable bonds is 5. The van der Waals surface area contributed by atoms with Crippen molar-refractivity contribution in [1.29, 1.82) is 0 Å². The van der Waals surface area contributed by atoms with E-state index in [4.69, 9.17) is 9.47 Å². The first-order chi connectivity index (χ1) is 12.3. The molecule has 0 unspecified atom stereocenters. The van der Waals surface area contributed by atoms with Crippen molar-refractivity contribution in [2.75, 3.05) is 7.11 Å². The topological polar surface area (TPSA) is 56.6 Å². The van der Waals surface area contributed by atoms with E-state index < -0.39 is 0 Å². The smallest absolute Gasteiger partial charge is 0.140 e. The normalized spacial score (nSPS) is 12.4. The van der Waals surface area contributed by atoms with Crippen LogP contribution in [0.1, 0.15) is 16.8 Å². The molecular formula is C20H17N3O2. The standard InChI is InChI=1S/C20H17N3O2/c1-24-16-6-4-14(5-7-16)13-25-17-9-20-19(22-12-17)10-18(23-20)15-3-2-8-21-11-15/h2-9,11-12H,10,13H2,1H3. The van der Waals surface area contributed by atoms with Crippen LogP contribution in [0.4, 0.5) is 5.69 Å². The van der Waals surface area contributed by atoms with Crippen LogP contribution >= 0.6 is 0 Å². The highest BCUT2D eigenvalue weighted by atomic mass is 16.5. The molecule has 1 aliphatic heterocycles. The van der Waals surface area contributed by atoms with E-state index in [1.165, 1.54) is 0 Å². The zero-order valence-corrected chi connectivity index (χ0v) is 13.8. The highest BCUT2D eigenvalue weighted by molar-refractivity contribution is 6.05. The quantitative estimate of drug-likeness (QED) is 0.714. The van der Waals surface area contributed by atoms with Gasteiger partial charge in [0, 0.05) is 30.4 Å². The predicted octanol–water partition coefficient (Wildman–Crippen LogP) is 3.74. The predicted molar refractivity (Wildman–Crippen MR) is 95.7 cm³/mol. The lowest BCUT2D eigenvalue weighted by molar-refractivity contribution is 0.305.